The molecule has 0 spiro atoms. The van der Waals surface area contributed by atoms with E-state index in [4.69, 9.17) is 0 Å². The first kappa shape index (κ1) is 13.4. The summed E-state index contributed by atoms with van der Waals surface area (Å²) in [6.07, 6.45) is 0. The highest BCUT2D eigenvalue weighted by Gasteiger charge is 2.17. The number of halogens is 1. The molecule has 0 fully saturated rings. The van der Waals surface area contributed by atoms with Gasteiger partial charge in [-0.2, -0.15) is 2.94 Å². The Bertz CT molecular complexity index is 100. The van der Waals surface area contributed by atoms with Crippen LogP contribution in [0.25, 0.3) is 0 Å². The summed E-state index contributed by atoms with van der Waals surface area (Å²) in [4.78, 5) is 0. The second kappa shape index (κ2) is 6.54. The van der Waals surface area contributed by atoms with Gasteiger partial charge in [0.1, 0.15) is 11.0 Å². The Morgan fingerprint density at radius 3 is 1.60 bits per heavy atom. The zero-order valence-electron chi connectivity index (χ0n) is 7.19. The highest BCUT2D eigenvalue weighted by Crippen LogP contribution is 2.08. The highest BCUT2D eigenvalue weighted by atomic mass is 127. The zero-order valence-corrected chi connectivity index (χ0v) is 10.2. The third kappa shape index (κ3) is 6.95. The summed E-state index contributed by atoms with van der Waals surface area (Å²) in [6, 6.07) is 0. The Kier molecular flexibility index (Phi) is 8.79. The van der Waals surface area contributed by atoms with Crippen LogP contribution in [-0.2, 0) is 11.0 Å². The van der Waals surface area contributed by atoms with E-state index in [1.54, 1.807) is 0 Å². The van der Waals surface area contributed by atoms with Crippen molar-refractivity contribution in [1.82, 2.24) is 2.94 Å². The normalized spacial score (nSPS) is 13.4. The van der Waals surface area contributed by atoms with Gasteiger partial charge in [0.2, 0.25) is 0 Å². The van der Waals surface area contributed by atoms with Gasteiger partial charge in [-0.15, -0.1) is 0 Å². The first-order chi connectivity index (χ1) is 4.48. The van der Waals surface area contributed by atoms with Crippen LogP contribution in [0, 0.1) is 0 Å². The molecule has 0 radical (unpaired) electrons. The molecule has 0 heterocycles. The minimum Gasteiger partial charge on any atom is -0.242 e. The van der Waals surface area contributed by atoms with Crippen molar-refractivity contribution in [2.24, 2.45) is 0 Å². The third-order valence-electron chi connectivity index (χ3n) is 0.626. The number of nitrogens with one attached hydrogen (secondary N) is 1. The number of hydrogen-bond donors (Lipinski definition) is 1. The minimum absolute atomic E-state index is 0.138. The van der Waals surface area contributed by atoms with E-state index in [1.165, 1.54) is 0 Å². The zero-order chi connectivity index (χ0) is 8.78. The van der Waals surface area contributed by atoms with Gasteiger partial charge in [-0.05, 0) is 20.8 Å². The van der Waals surface area contributed by atoms with E-state index in [-0.39, 0.29) is 4.75 Å². The van der Waals surface area contributed by atoms with E-state index in [1.807, 2.05) is 57.5 Å². The van der Waals surface area contributed by atoms with Crippen LogP contribution in [0.15, 0.2) is 0 Å². The molecule has 10 heavy (non-hydrogen) atoms. The maximum Gasteiger partial charge on any atom is 0.106 e. The molecule has 0 rings (SSSR count). The number of rotatable bonds is 1. The Balaban J connectivity index is 0. The summed E-state index contributed by atoms with van der Waals surface area (Å²) >= 11 is 1.89. The largest absolute Gasteiger partial charge is 0.242 e. The molecule has 0 aromatic rings. The molecule has 0 saturated heterocycles. The average Bonchev–Trinajstić information content (AvgIpc) is 1.89. The van der Waals surface area contributed by atoms with Gasteiger partial charge < -0.3 is 0 Å². The van der Waals surface area contributed by atoms with Crippen molar-refractivity contribution >= 4 is 33.9 Å². The van der Waals surface area contributed by atoms with Crippen molar-refractivity contribution in [2.75, 3.05) is 0 Å². The Labute approximate surface area is 80.2 Å². The summed E-state index contributed by atoms with van der Waals surface area (Å²) in [6.45, 7) is 9.78. The van der Waals surface area contributed by atoms with Crippen molar-refractivity contribution in [3.63, 3.8) is 0 Å². The molecule has 2 nitrogen and oxygen atoms in total. The fourth-order valence-corrected chi connectivity index (χ4v) is 2.33. The van der Waals surface area contributed by atoms with Crippen molar-refractivity contribution in [3.8, 4) is 0 Å². The maximum absolute atomic E-state index is 10.8. The van der Waals surface area contributed by atoms with Gasteiger partial charge >= 0.3 is 0 Å². The highest BCUT2D eigenvalue weighted by molar-refractivity contribution is 14.1. The molecule has 0 saturated carbocycles. The summed E-state index contributed by atoms with van der Waals surface area (Å²) in [7, 11) is -0.908. The molecule has 0 amide bonds. The first-order valence-corrected chi connectivity index (χ1v) is 5.49. The number of hydrogen-bond acceptors (Lipinski definition) is 1. The van der Waals surface area contributed by atoms with E-state index >= 15 is 0 Å². The molecule has 4 heteroatoms. The Morgan fingerprint density at radius 2 is 1.60 bits per heavy atom. The fraction of sp³-hybridized carbons (Fsp3) is 1.00. The maximum atomic E-state index is 10.8. The summed E-state index contributed by atoms with van der Waals surface area (Å²) in [5.74, 6) is 0. The molecule has 0 aliphatic heterocycles. The average molecular weight is 277 g/mol. The molecule has 64 valence electrons. The summed E-state index contributed by atoms with van der Waals surface area (Å²) in [5, 5.41) is 0. The van der Waals surface area contributed by atoms with Crippen LogP contribution in [0.3, 0.4) is 0 Å². The molecule has 1 N–H and O–H groups in total. The molecule has 0 aromatic carbocycles. The van der Waals surface area contributed by atoms with Gasteiger partial charge in [-0.3, -0.25) is 0 Å². The molecular formula is C6H16INOS. The van der Waals surface area contributed by atoms with E-state index < -0.39 is 11.0 Å². The monoisotopic (exact) mass is 277 g/mol. The van der Waals surface area contributed by atoms with Gasteiger partial charge in [0.15, 0.2) is 0 Å². The first-order valence-electron chi connectivity index (χ1n) is 3.26. The van der Waals surface area contributed by atoms with Crippen LogP contribution in [0.5, 0.6) is 0 Å². The lowest BCUT2D eigenvalue weighted by molar-refractivity contribution is 0.649. The molecule has 0 aliphatic carbocycles. The second-order valence-corrected chi connectivity index (χ2v) is 5.70. The van der Waals surface area contributed by atoms with Crippen molar-refractivity contribution in [1.29, 1.82) is 0 Å². The lowest BCUT2D eigenvalue weighted by Gasteiger charge is -2.14. The van der Waals surface area contributed by atoms with Crippen LogP contribution in [0.2, 0.25) is 0 Å². The van der Waals surface area contributed by atoms with Crippen LogP contribution in [0.1, 0.15) is 34.6 Å². The van der Waals surface area contributed by atoms with E-state index in [2.05, 4.69) is 2.94 Å². The molecule has 0 bridgehead atoms. The predicted octanol–water partition coefficient (Wildman–Crippen LogP) is 2.41. The second-order valence-electron chi connectivity index (χ2n) is 2.46. The van der Waals surface area contributed by atoms with Gasteiger partial charge in [-0.25, -0.2) is 4.21 Å². The quantitative estimate of drug-likeness (QED) is 0.579. The van der Waals surface area contributed by atoms with Crippen molar-refractivity contribution in [2.45, 2.75) is 39.4 Å². The third-order valence-corrected chi connectivity index (χ3v) is 3.08. The van der Waals surface area contributed by atoms with Gasteiger partial charge in [0.05, 0.1) is 4.75 Å². The van der Waals surface area contributed by atoms with Gasteiger partial charge in [0.25, 0.3) is 0 Å². The minimum atomic E-state index is -0.908. The van der Waals surface area contributed by atoms with Crippen molar-refractivity contribution in [3.05, 3.63) is 0 Å². The van der Waals surface area contributed by atoms with E-state index in [0.717, 1.165) is 0 Å². The Hall–Kier alpha value is 0.840. The molecule has 1 unspecified atom stereocenters. The topological polar surface area (TPSA) is 29.1 Å². The van der Waals surface area contributed by atoms with E-state index in [9.17, 15) is 4.21 Å². The van der Waals surface area contributed by atoms with Crippen LogP contribution in [0.4, 0.5) is 0 Å². The van der Waals surface area contributed by atoms with Crippen molar-refractivity contribution < 1.29 is 4.21 Å². The van der Waals surface area contributed by atoms with Gasteiger partial charge in [0, 0.05) is 22.9 Å². The van der Waals surface area contributed by atoms with Crippen LogP contribution < -0.4 is 2.94 Å². The molecule has 0 aliphatic rings. The molecule has 1 atom stereocenters. The molecule has 0 aromatic heterocycles. The standard InChI is InChI=1S/C4H10INOS.C2H6/c1-4(2,3)8(7)6-5;1-2/h6H,1-3H3;1-2H3. The van der Waals surface area contributed by atoms with Crippen LogP contribution in [-0.4, -0.2) is 8.96 Å². The van der Waals surface area contributed by atoms with Gasteiger partial charge in [-0.1, -0.05) is 13.8 Å². The summed E-state index contributed by atoms with van der Waals surface area (Å²) in [5.41, 5.74) is 0. The smallest absolute Gasteiger partial charge is 0.106 e. The SMILES string of the molecule is CC.CC(C)(C)S(=O)NI. The lowest BCUT2D eigenvalue weighted by atomic mass is 10.3. The van der Waals surface area contributed by atoms with Crippen LogP contribution >= 0.6 is 22.9 Å². The Morgan fingerprint density at radius 1 is 1.30 bits per heavy atom. The molecular weight excluding hydrogens is 261 g/mol. The lowest BCUT2D eigenvalue weighted by Crippen LogP contribution is -2.27. The fourth-order valence-electron chi connectivity index (χ4n) is 0.116. The summed E-state index contributed by atoms with van der Waals surface area (Å²) < 4.78 is 13.3. The predicted molar refractivity (Wildman–Crippen MR) is 56.4 cm³/mol. The van der Waals surface area contributed by atoms with E-state index in [0.29, 0.717) is 0 Å².